The van der Waals surface area contributed by atoms with Crippen molar-refractivity contribution >= 4 is 45.7 Å². The molecule has 2 N–H and O–H groups in total. The second-order valence-corrected chi connectivity index (χ2v) is 8.09. The minimum atomic E-state index is -0.665. The molecule has 1 atom stereocenters. The molecule has 32 heavy (non-hydrogen) atoms. The zero-order valence-corrected chi connectivity index (χ0v) is 18.3. The predicted molar refractivity (Wildman–Crippen MR) is 123 cm³/mol. The summed E-state index contributed by atoms with van der Waals surface area (Å²) < 4.78 is 10.8. The van der Waals surface area contributed by atoms with Gasteiger partial charge in [0.25, 0.3) is 5.91 Å². The molecule has 0 saturated carbocycles. The van der Waals surface area contributed by atoms with Gasteiger partial charge in [-0.3, -0.25) is 14.5 Å². The van der Waals surface area contributed by atoms with E-state index in [1.54, 1.807) is 4.90 Å². The van der Waals surface area contributed by atoms with E-state index in [1.807, 2.05) is 60.5 Å². The Bertz CT molecular complexity index is 1220. The molecule has 2 aliphatic rings. The smallest absolute Gasteiger partial charge is 0.252 e. The molecule has 2 aromatic carbocycles. The number of carbonyl (C=O) groups is 2. The largest absolute Gasteiger partial charge is 0.454 e. The molecular formula is C23H22N4O4S. The first-order valence-corrected chi connectivity index (χ1v) is 10.8. The van der Waals surface area contributed by atoms with Crippen LogP contribution in [0.3, 0.4) is 0 Å². The average Bonchev–Trinajstić information content (AvgIpc) is 3.48. The number of nitrogens with zero attached hydrogens (tertiary/aromatic N) is 2. The molecule has 0 aliphatic carbocycles. The molecule has 2 amide bonds. The van der Waals surface area contributed by atoms with Crippen LogP contribution < -0.4 is 14.8 Å². The van der Waals surface area contributed by atoms with Crippen LogP contribution in [0.25, 0.3) is 10.9 Å². The molecule has 1 unspecified atom stereocenters. The maximum atomic E-state index is 13.0. The van der Waals surface area contributed by atoms with Crippen LogP contribution in [0, 0.1) is 0 Å². The fourth-order valence-electron chi connectivity index (χ4n) is 4.11. The summed E-state index contributed by atoms with van der Waals surface area (Å²) in [5.74, 6) is 0.957. The fraction of sp³-hybridized carbons (Fsp3) is 0.261. The topological polar surface area (TPSA) is 86.9 Å². The molecule has 5 rings (SSSR count). The molecule has 0 bridgehead atoms. The summed E-state index contributed by atoms with van der Waals surface area (Å²) in [6.45, 7) is 2.91. The van der Waals surface area contributed by atoms with Crippen molar-refractivity contribution in [2.45, 2.75) is 25.9 Å². The lowest BCUT2D eigenvalue weighted by molar-refractivity contribution is -0.130. The zero-order valence-electron chi connectivity index (χ0n) is 17.5. The maximum absolute atomic E-state index is 13.0. The van der Waals surface area contributed by atoms with Gasteiger partial charge in [-0.2, -0.15) is 0 Å². The van der Waals surface area contributed by atoms with E-state index in [-0.39, 0.29) is 25.0 Å². The van der Waals surface area contributed by atoms with Crippen molar-refractivity contribution in [2.75, 3.05) is 18.7 Å². The zero-order chi connectivity index (χ0) is 22.2. The van der Waals surface area contributed by atoms with Crippen molar-refractivity contribution in [1.29, 1.82) is 0 Å². The molecule has 0 radical (unpaired) electrons. The second-order valence-electron chi connectivity index (χ2n) is 7.73. The highest BCUT2D eigenvalue weighted by atomic mass is 32.1. The van der Waals surface area contributed by atoms with E-state index in [9.17, 15) is 9.59 Å². The van der Waals surface area contributed by atoms with E-state index in [2.05, 4.69) is 10.3 Å². The first-order valence-electron chi connectivity index (χ1n) is 10.4. The fourth-order valence-corrected chi connectivity index (χ4v) is 4.52. The SMILES string of the molecule is CCN1C(=O)C(CC(=O)Nc2ccc3cc[nH]c3c2)N(Cc2ccc3c(c2)OCO3)C1=S. The van der Waals surface area contributed by atoms with Crippen LogP contribution in [0.2, 0.25) is 0 Å². The summed E-state index contributed by atoms with van der Waals surface area (Å²) in [6, 6.07) is 12.6. The van der Waals surface area contributed by atoms with Crippen LogP contribution in [-0.2, 0) is 16.1 Å². The number of amides is 2. The lowest BCUT2D eigenvalue weighted by Gasteiger charge is -2.24. The number of aromatic nitrogens is 1. The predicted octanol–water partition coefficient (Wildman–Crippen LogP) is 3.24. The summed E-state index contributed by atoms with van der Waals surface area (Å²) in [6.07, 6.45) is 1.85. The summed E-state index contributed by atoms with van der Waals surface area (Å²) in [5.41, 5.74) is 2.53. The van der Waals surface area contributed by atoms with Crippen molar-refractivity contribution in [3.05, 3.63) is 54.2 Å². The number of anilines is 1. The number of fused-ring (bicyclic) bond motifs is 2. The van der Waals surface area contributed by atoms with Crippen molar-refractivity contribution in [3.63, 3.8) is 0 Å². The standard InChI is InChI=1S/C23H22N4O4S/c1-2-26-22(29)18(11-21(28)25-16-5-4-15-7-8-24-17(15)10-16)27(23(26)32)12-14-3-6-19-20(9-14)31-13-30-19/h3-10,18,24H,2,11-13H2,1H3,(H,25,28). The summed E-state index contributed by atoms with van der Waals surface area (Å²) in [5, 5.41) is 4.40. The highest BCUT2D eigenvalue weighted by Gasteiger charge is 2.42. The Labute approximate surface area is 190 Å². The number of hydrogen-bond acceptors (Lipinski definition) is 5. The number of aromatic amines is 1. The molecule has 164 valence electrons. The Morgan fingerprint density at radius 3 is 2.88 bits per heavy atom. The van der Waals surface area contributed by atoms with Gasteiger partial charge in [-0.15, -0.1) is 0 Å². The number of ether oxygens (including phenoxy) is 2. The van der Waals surface area contributed by atoms with Gasteiger partial charge in [0.1, 0.15) is 6.04 Å². The highest BCUT2D eigenvalue weighted by molar-refractivity contribution is 7.80. The first kappa shape index (κ1) is 20.3. The van der Waals surface area contributed by atoms with Gasteiger partial charge in [0, 0.05) is 30.5 Å². The van der Waals surface area contributed by atoms with Gasteiger partial charge in [0.2, 0.25) is 12.7 Å². The van der Waals surface area contributed by atoms with Gasteiger partial charge >= 0.3 is 0 Å². The van der Waals surface area contributed by atoms with Crippen LogP contribution in [0.4, 0.5) is 5.69 Å². The lowest BCUT2D eigenvalue weighted by Crippen LogP contribution is -2.37. The van der Waals surface area contributed by atoms with E-state index < -0.39 is 6.04 Å². The summed E-state index contributed by atoms with van der Waals surface area (Å²) >= 11 is 5.58. The molecule has 1 saturated heterocycles. The van der Waals surface area contributed by atoms with Gasteiger partial charge < -0.3 is 24.7 Å². The van der Waals surface area contributed by atoms with Crippen LogP contribution >= 0.6 is 12.2 Å². The average molecular weight is 451 g/mol. The van der Waals surface area contributed by atoms with Gasteiger partial charge in [-0.1, -0.05) is 12.1 Å². The molecule has 3 aromatic rings. The minimum Gasteiger partial charge on any atom is -0.454 e. The number of carbonyl (C=O) groups excluding carboxylic acids is 2. The van der Waals surface area contributed by atoms with Crippen molar-refractivity contribution in [3.8, 4) is 11.5 Å². The molecule has 1 fully saturated rings. The van der Waals surface area contributed by atoms with E-state index in [1.165, 1.54) is 0 Å². The molecule has 2 aliphatic heterocycles. The number of likely N-dealkylation sites (N-methyl/N-ethyl adjacent to an activating group) is 1. The van der Waals surface area contributed by atoms with Crippen LogP contribution in [0.1, 0.15) is 18.9 Å². The number of rotatable bonds is 6. The quantitative estimate of drug-likeness (QED) is 0.561. The summed E-state index contributed by atoms with van der Waals surface area (Å²) in [7, 11) is 0. The first-order chi connectivity index (χ1) is 15.5. The third-order valence-electron chi connectivity index (χ3n) is 5.73. The Hall–Kier alpha value is -3.59. The van der Waals surface area contributed by atoms with Crippen LogP contribution in [-0.4, -0.2) is 51.1 Å². The van der Waals surface area contributed by atoms with E-state index >= 15 is 0 Å². The van der Waals surface area contributed by atoms with Gasteiger partial charge in [0.15, 0.2) is 16.6 Å². The summed E-state index contributed by atoms with van der Waals surface area (Å²) in [4.78, 5) is 32.4. The second kappa shape index (κ2) is 8.16. The lowest BCUT2D eigenvalue weighted by atomic mass is 10.1. The van der Waals surface area contributed by atoms with Gasteiger partial charge in [0.05, 0.1) is 6.42 Å². The van der Waals surface area contributed by atoms with Crippen LogP contribution in [0.15, 0.2) is 48.7 Å². The van der Waals surface area contributed by atoms with Crippen LogP contribution in [0.5, 0.6) is 11.5 Å². The Morgan fingerprint density at radius 2 is 2.03 bits per heavy atom. The van der Waals surface area contributed by atoms with E-state index in [0.29, 0.717) is 35.4 Å². The van der Waals surface area contributed by atoms with Gasteiger partial charge in [-0.05, 0) is 60.4 Å². The van der Waals surface area contributed by atoms with Crippen molar-refractivity contribution < 1.29 is 19.1 Å². The Morgan fingerprint density at radius 1 is 1.19 bits per heavy atom. The number of H-pyrrole nitrogens is 1. The van der Waals surface area contributed by atoms with Crippen molar-refractivity contribution in [2.24, 2.45) is 0 Å². The Balaban J connectivity index is 1.34. The number of thiocarbonyl (C=S) groups is 1. The van der Waals surface area contributed by atoms with E-state index in [0.717, 1.165) is 16.5 Å². The highest BCUT2D eigenvalue weighted by Crippen LogP contribution is 2.34. The molecule has 3 heterocycles. The molecule has 8 nitrogen and oxygen atoms in total. The number of hydrogen-bond donors (Lipinski definition) is 2. The number of nitrogens with one attached hydrogen (secondary N) is 2. The van der Waals surface area contributed by atoms with Crippen molar-refractivity contribution in [1.82, 2.24) is 14.8 Å². The number of benzene rings is 2. The Kier molecular flexibility index (Phi) is 5.18. The normalized spacial score (nSPS) is 17.5. The molecule has 1 aromatic heterocycles. The minimum absolute atomic E-state index is 0.00277. The molecule has 9 heteroatoms. The monoisotopic (exact) mass is 450 g/mol. The third kappa shape index (κ3) is 3.64. The van der Waals surface area contributed by atoms with E-state index in [4.69, 9.17) is 21.7 Å². The third-order valence-corrected chi connectivity index (χ3v) is 6.18. The van der Waals surface area contributed by atoms with Gasteiger partial charge in [-0.25, -0.2) is 0 Å². The maximum Gasteiger partial charge on any atom is 0.252 e. The molecule has 0 spiro atoms. The molecular weight excluding hydrogens is 428 g/mol.